The van der Waals surface area contributed by atoms with Crippen LogP contribution in [0.25, 0.3) is 0 Å². The van der Waals surface area contributed by atoms with Gasteiger partial charge >= 0.3 is 0 Å². The fraction of sp³-hybridized carbons (Fsp3) is 0.545. The van der Waals surface area contributed by atoms with Gasteiger partial charge < -0.3 is 10.4 Å². The normalized spacial score (nSPS) is 16.5. The van der Waals surface area contributed by atoms with Gasteiger partial charge in [0, 0.05) is 18.5 Å². The van der Waals surface area contributed by atoms with Crippen LogP contribution in [0.1, 0.15) is 57.4 Å². The summed E-state index contributed by atoms with van der Waals surface area (Å²) in [4.78, 5) is 13.4. The first-order chi connectivity index (χ1) is 14.0. The van der Waals surface area contributed by atoms with Gasteiger partial charge in [-0.25, -0.2) is 8.42 Å². The molecule has 2 aromatic rings. The molecule has 3 rings (SSSR count). The number of carbonyl (C=O) groups excluding carboxylic acids is 1. The lowest BCUT2D eigenvalue weighted by Crippen LogP contribution is -2.27. The molecule has 1 saturated carbocycles. The Morgan fingerprint density at radius 3 is 2.63 bits per heavy atom. The van der Waals surface area contributed by atoms with Crippen molar-refractivity contribution < 1.29 is 18.3 Å². The average molecular weight is 434 g/mol. The van der Waals surface area contributed by atoms with Crippen LogP contribution in [-0.4, -0.2) is 41.1 Å². The minimum Gasteiger partial charge on any atom is -0.389 e. The molecule has 7 nitrogen and oxygen atoms in total. The summed E-state index contributed by atoms with van der Waals surface area (Å²) < 4.78 is 25.6. The molecule has 0 saturated heterocycles. The number of sulfone groups is 1. The quantitative estimate of drug-likeness (QED) is 0.665. The summed E-state index contributed by atoms with van der Waals surface area (Å²) in [7, 11) is -3.36. The van der Waals surface area contributed by atoms with E-state index < -0.39 is 21.4 Å². The molecule has 8 heteroatoms. The molecule has 0 spiro atoms. The number of nitrogens with one attached hydrogen (secondary N) is 1. The fourth-order valence-electron chi connectivity index (χ4n) is 4.06. The van der Waals surface area contributed by atoms with Crippen molar-refractivity contribution in [3.63, 3.8) is 0 Å². The number of hydrogen-bond donors (Lipinski definition) is 2. The molecule has 164 valence electrons. The second-order valence-electron chi connectivity index (χ2n) is 8.98. The van der Waals surface area contributed by atoms with E-state index in [1.807, 2.05) is 6.07 Å². The first-order valence-corrected chi connectivity index (χ1v) is 12.3. The first kappa shape index (κ1) is 22.5. The van der Waals surface area contributed by atoms with Crippen LogP contribution < -0.4 is 5.32 Å². The summed E-state index contributed by atoms with van der Waals surface area (Å²) in [6.07, 6.45) is 8.10. The topological polar surface area (TPSA) is 101 Å². The summed E-state index contributed by atoms with van der Waals surface area (Å²) in [6.45, 7) is 3.70. The molecule has 1 fully saturated rings. The molecule has 0 bridgehead atoms. The summed E-state index contributed by atoms with van der Waals surface area (Å²) in [5.74, 6) is 0.227. The summed E-state index contributed by atoms with van der Waals surface area (Å²) in [5.41, 5.74) is -0.206. The molecular weight excluding hydrogens is 402 g/mol. The van der Waals surface area contributed by atoms with Crippen molar-refractivity contribution in [2.45, 2.75) is 68.9 Å². The molecule has 0 aliphatic heterocycles. The minimum absolute atomic E-state index is 0.193. The van der Waals surface area contributed by atoms with Gasteiger partial charge in [0.25, 0.3) is 0 Å². The SMILES string of the molecule is CC(C)(O)Cn1ccc(NC(=O)[C@H](CC2CCCC2)c2cccc(S(C)(=O)=O)c2)n1. The van der Waals surface area contributed by atoms with E-state index in [2.05, 4.69) is 10.4 Å². The number of rotatable bonds is 8. The second-order valence-corrected chi connectivity index (χ2v) is 11.0. The van der Waals surface area contributed by atoms with Crippen LogP contribution in [0.5, 0.6) is 0 Å². The molecule has 0 radical (unpaired) electrons. The fourth-order valence-corrected chi connectivity index (χ4v) is 4.74. The van der Waals surface area contributed by atoms with E-state index in [1.165, 1.54) is 19.1 Å². The van der Waals surface area contributed by atoms with Crippen molar-refractivity contribution in [1.29, 1.82) is 0 Å². The maximum Gasteiger partial charge on any atom is 0.233 e. The van der Waals surface area contributed by atoms with Gasteiger partial charge in [0.2, 0.25) is 5.91 Å². The van der Waals surface area contributed by atoms with Crippen molar-refractivity contribution in [2.75, 3.05) is 11.6 Å². The van der Waals surface area contributed by atoms with Crippen molar-refractivity contribution in [3.8, 4) is 0 Å². The van der Waals surface area contributed by atoms with E-state index in [0.29, 0.717) is 30.3 Å². The van der Waals surface area contributed by atoms with Crippen LogP contribution in [0.4, 0.5) is 5.82 Å². The number of aromatic nitrogens is 2. The van der Waals surface area contributed by atoms with Crippen LogP contribution in [-0.2, 0) is 21.2 Å². The predicted octanol–water partition coefficient (Wildman–Crippen LogP) is 3.36. The smallest absolute Gasteiger partial charge is 0.233 e. The van der Waals surface area contributed by atoms with Crippen molar-refractivity contribution in [3.05, 3.63) is 42.1 Å². The molecule has 0 unspecified atom stereocenters. The van der Waals surface area contributed by atoms with Gasteiger partial charge in [-0.15, -0.1) is 0 Å². The highest BCUT2D eigenvalue weighted by Gasteiger charge is 2.28. The Labute approximate surface area is 178 Å². The van der Waals surface area contributed by atoms with Gasteiger partial charge in [-0.05, 0) is 43.9 Å². The number of amides is 1. The lowest BCUT2D eigenvalue weighted by atomic mass is 9.87. The van der Waals surface area contributed by atoms with E-state index >= 15 is 0 Å². The van der Waals surface area contributed by atoms with Gasteiger partial charge in [0.05, 0.1) is 23.0 Å². The number of carbonyl (C=O) groups is 1. The van der Waals surface area contributed by atoms with Crippen LogP contribution in [0.3, 0.4) is 0 Å². The third-order valence-corrected chi connectivity index (χ3v) is 6.60. The van der Waals surface area contributed by atoms with Crippen molar-refractivity contribution >= 4 is 21.6 Å². The maximum absolute atomic E-state index is 13.2. The number of hydrogen-bond acceptors (Lipinski definition) is 5. The Hall–Kier alpha value is -2.19. The zero-order valence-electron chi connectivity index (χ0n) is 17.8. The van der Waals surface area contributed by atoms with E-state index in [4.69, 9.17) is 0 Å². The Balaban J connectivity index is 1.82. The third kappa shape index (κ3) is 6.15. The Morgan fingerprint density at radius 2 is 2.00 bits per heavy atom. The van der Waals surface area contributed by atoms with E-state index in [0.717, 1.165) is 12.8 Å². The highest BCUT2D eigenvalue weighted by atomic mass is 32.2. The number of benzene rings is 1. The number of anilines is 1. The summed E-state index contributed by atoms with van der Waals surface area (Å²) >= 11 is 0. The van der Waals surface area contributed by atoms with Crippen LogP contribution in [0.2, 0.25) is 0 Å². The van der Waals surface area contributed by atoms with Gasteiger partial charge in [-0.2, -0.15) is 5.10 Å². The van der Waals surface area contributed by atoms with Crippen LogP contribution >= 0.6 is 0 Å². The molecule has 30 heavy (non-hydrogen) atoms. The molecule has 1 aromatic heterocycles. The van der Waals surface area contributed by atoms with E-state index in [-0.39, 0.29) is 10.8 Å². The Kier molecular flexibility index (Phi) is 6.67. The molecule has 1 aliphatic rings. The molecular formula is C22H31N3O4S. The summed E-state index contributed by atoms with van der Waals surface area (Å²) in [6, 6.07) is 8.38. The summed E-state index contributed by atoms with van der Waals surface area (Å²) in [5, 5.41) is 17.2. The monoisotopic (exact) mass is 433 g/mol. The maximum atomic E-state index is 13.2. The predicted molar refractivity (Wildman–Crippen MR) is 116 cm³/mol. The highest BCUT2D eigenvalue weighted by molar-refractivity contribution is 7.90. The first-order valence-electron chi connectivity index (χ1n) is 10.4. The number of aliphatic hydroxyl groups is 1. The van der Waals surface area contributed by atoms with Gasteiger partial charge in [0.1, 0.15) is 0 Å². The molecule has 1 amide bonds. The van der Waals surface area contributed by atoms with Crippen LogP contribution in [0, 0.1) is 5.92 Å². The Bertz CT molecular complexity index is 986. The van der Waals surface area contributed by atoms with Crippen LogP contribution in [0.15, 0.2) is 41.4 Å². The van der Waals surface area contributed by atoms with E-state index in [1.54, 1.807) is 49.0 Å². The van der Waals surface area contributed by atoms with E-state index in [9.17, 15) is 18.3 Å². The minimum atomic E-state index is -3.36. The number of nitrogens with zero attached hydrogens (tertiary/aromatic N) is 2. The van der Waals surface area contributed by atoms with Gasteiger partial charge in [0.15, 0.2) is 15.7 Å². The van der Waals surface area contributed by atoms with Gasteiger partial charge in [-0.1, -0.05) is 37.8 Å². The lowest BCUT2D eigenvalue weighted by Gasteiger charge is -2.21. The van der Waals surface area contributed by atoms with Gasteiger partial charge in [-0.3, -0.25) is 9.48 Å². The standard InChI is InChI=1S/C22H31N3O4S/c1-22(2,27)15-25-12-11-20(24-25)23-21(26)19(13-16-7-4-5-8-16)17-9-6-10-18(14-17)30(3,28)29/h6,9-12,14,16,19,27H,4-5,7-8,13,15H2,1-3H3,(H,23,24,26)/t19-/m1/s1. The van der Waals surface area contributed by atoms with Crippen molar-refractivity contribution in [1.82, 2.24) is 9.78 Å². The zero-order chi connectivity index (χ0) is 21.9. The second kappa shape index (κ2) is 8.89. The average Bonchev–Trinajstić information content (AvgIpc) is 3.29. The molecule has 1 aromatic carbocycles. The largest absolute Gasteiger partial charge is 0.389 e. The Morgan fingerprint density at radius 1 is 1.30 bits per heavy atom. The zero-order valence-corrected chi connectivity index (χ0v) is 18.7. The molecule has 1 heterocycles. The molecule has 2 N–H and O–H groups in total. The molecule has 1 atom stereocenters. The molecule has 1 aliphatic carbocycles. The highest BCUT2D eigenvalue weighted by Crippen LogP contribution is 2.35. The lowest BCUT2D eigenvalue weighted by molar-refractivity contribution is -0.118. The third-order valence-electron chi connectivity index (χ3n) is 5.49. The van der Waals surface area contributed by atoms with Crippen molar-refractivity contribution in [2.24, 2.45) is 5.92 Å².